The average Bonchev–Trinajstić information content (AvgIpc) is 2.28. The summed E-state index contributed by atoms with van der Waals surface area (Å²) in [5.74, 6) is 0.0334. The van der Waals surface area contributed by atoms with Crippen LogP contribution in [0.3, 0.4) is 0 Å². The van der Waals surface area contributed by atoms with Gasteiger partial charge in [0.1, 0.15) is 0 Å². The second-order valence-corrected chi connectivity index (χ2v) is 4.04. The summed E-state index contributed by atoms with van der Waals surface area (Å²) in [6.07, 6.45) is 0.799. The van der Waals surface area contributed by atoms with Gasteiger partial charge in [0.15, 0.2) is 0 Å². The second kappa shape index (κ2) is 5.61. The van der Waals surface area contributed by atoms with Crippen LogP contribution in [0.25, 0.3) is 0 Å². The molecule has 0 spiro atoms. The molecule has 0 aromatic heterocycles. The summed E-state index contributed by atoms with van der Waals surface area (Å²) in [6, 6.07) is 6.69. The van der Waals surface area contributed by atoms with Crippen LogP contribution in [-0.4, -0.2) is 16.1 Å². The van der Waals surface area contributed by atoms with E-state index in [-0.39, 0.29) is 16.5 Å². The minimum atomic E-state index is -0.403. The van der Waals surface area contributed by atoms with Crippen LogP contribution in [0.5, 0.6) is 0 Å². The van der Waals surface area contributed by atoms with Crippen molar-refractivity contribution in [2.24, 2.45) is 5.92 Å². The van der Waals surface area contributed by atoms with Crippen molar-refractivity contribution in [2.45, 2.75) is 32.8 Å². The summed E-state index contributed by atoms with van der Waals surface area (Å²) in [5, 5.41) is 20.4. The van der Waals surface area contributed by atoms with E-state index in [0.29, 0.717) is 18.4 Å². The zero-order valence-electron chi connectivity index (χ0n) is 9.59. The highest BCUT2D eigenvalue weighted by Gasteiger charge is 2.18. The molecule has 1 N–H and O–H groups in total. The van der Waals surface area contributed by atoms with Crippen molar-refractivity contribution >= 4 is 5.69 Å². The predicted octanol–water partition coefficient (Wildman–Crippen LogP) is 2.54. The lowest BCUT2D eigenvalue weighted by Gasteiger charge is -2.16. The molecule has 0 amide bonds. The lowest BCUT2D eigenvalue weighted by Crippen LogP contribution is -2.18. The van der Waals surface area contributed by atoms with Crippen LogP contribution in [0.1, 0.15) is 25.8 Å². The van der Waals surface area contributed by atoms with Gasteiger partial charge in [0.05, 0.1) is 11.0 Å². The monoisotopic (exact) mass is 223 g/mol. The first-order chi connectivity index (χ1) is 7.56. The maximum absolute atomic E-state index is 10.8. The molecule has 2 unspecified atom stereocenters. The zero-order valence-corrected chi connectivity index (χ0v) is 9.59. The molecular weight excluding hydrogens is 206 g/mol. The third-order valence-corrected chi connectivity index (χ3v) is 2.81. The van der Waals surface area contributed by atoms with E-state index < -0.39 is 6.10 Å². The number of aliphatic hydroxyl groups excluding tert-OH is 1. The summed E-state index contributed by atoms with van der Waals surface area (Å²) < 4.78 is 0. The molecule has 1 rings (SSSR count). The van der Waals surface area contributed by atoms with Gasteiger partial charge >= 0.3 is 0 Å². The maximum Gasteiger partial charge on any atom is 0.272 e. The lowest BCUT2D eigenvalue weighted by molar-refractivity contribution is -0.385. The maximum atomic E-state index is 10.8. The Hall–Kier alpha value is -1.42. The third-order valence-electron chi connectivity index (χ3n) is 2.81. The summed E-state index contributed by atoms with van der Waals surface area (Å²) in [4.78, 5) is 10.4. The molecular formula is C12H17NO3. The number of hydrogen-bond donors (Lipinski definition) is 1. The van der Waals surface area contributed by atoms with E-state index in [1.165, 1.54) is 6.07 Å². The molecule has 1 aromatic carbocycles. The molecule has 4 nitrogen and oxygen atoms in total. The number of aliphatic hydroxyl groups is 1. The molecule has 4 heteroatoms. The van der Waals surface area contributed by atoms with E-state index in [1.54, 1.807) is 18.2 Å². The van der Waals surface area contributed by atoms with Crippen molar-refractivity contribution in [2.75, 3.05) is 0 Å². The van der Waals surface area contributed by atoms with Crippen LogP contribution in [-0.2, 0) is 6.42 Å². The number of hydrogen-bond acceptors (Lipinski definition) is 3. The van der Waals surface area contributed by atoms with Gasteiger partial charge in [-0.15, -0.1) is 0 Å². The fourth-order valence-corrected chi connectivity index (χ4v) is 1.75. The molecule has 0 radical (unpaired) electrons. The van der Waals surface area contributed by atoms with E-state index in [0.717, 1.165) is 0 Å². The van der Waals surface area contributed by atoms with Crippen LogP contribution >= 0.6 is 0 Å². The summed E-state index contributed by atoms with van der Waals surface area (Å²) >= 11 is 0. The van der Waals surface area contributed by atoms with Crippen LogP contribution in [0.4, 0.5) is 5.69 Å². The van der Waals surface area contributed by atoms with Crippen molar-refractivity contribution in [3.63, 3.8) is 0 Å². The van der Waals surface area contributed by atoms with Crippen molar-refractivity contribution < 1.29 is 10.0 Å². The van der Waals surface area contributed by atoms with Crippen molar-refractivity contribution in [3.05, 3.63) is 39.9 Å². The van der Waals surface area contributed by atoms with Crippen LogP contribution in [0.2, 0.25) is 0 Å². The zero-order chi connectivity index (χ0) is 12.1. The average molecular weight is 223 g/mol. The van der Waals surface area contributed by atoms with Crippen molar-refractivity contribution in [1.82, 2.24) is 0 Å². The topological polar surface area (TPSA) is 63.4 Å². The first kappa shape index (κ1) is 12.6. The van der Waals surface area contributed by atoms with Crippen molar-refractivity contribution in [3.8, 4) is 0 Å². The molecule has 0 saturated carbocycles. The van der Waals surface area contributed by atoms with E-state index in [4.69, 9.17) is 0 Å². The van der Waals surface area contributed by atoms with Gasteiger partial charge in [-0.2, -0.15) is 0 Å². The summed E-state index contributed by atoms with van der Waals surface area (Å²) in [7, 11) is 0. The van der Waals surface area contributed by atoms with Crippen LogP contribution in [0, 0.1) is 16.0 Å². The van der Waals surface area contributed by atoms with Crippen LogP contribution < -0.4 is 0 Å². The second-order valence-electron chi connectivity index (χ2n) is 4.04. The van der Waals surface area contributed by atoms with Gasteiger partial charge in [-0.1, -0.05) is 32.0 Å². The molecule has 16 heavy (non-hydrogen) atoms. The Kier molecular flexibility index (Phi) is 4.43. The van der Waals surface area contributed by atoms with Crippen molar-refractivity contribution in [1.29, 1.82) is 0 Å². The first-order valence-corrected chi connectivity index (χ1v) is 5.46. The highest BCUT2D eigenvalue weighted by atomic mass is 16.6. The molecule has 0 heterocycles. The number of nitro groups is 1. The Morgan fingerprint density at radius 2 is 2.06 bits per heavy atom. The van der Waals surface area contributed by atoms with E-state index in [9.17, 15) is 15.2 Å². The standard InChI is InChI=1S/C12H17NO3/c1-3-12(14)9(2)8-10-6-4-5-7-11(10)13(15)16/h4-7,9,12,14H,3,8H2,1-2H3. The van der Waals surface area contributed by atoms with Gasteiger partial charge in [0.25, 0.3) is 5.69 Å². The minimum absolute atomic E-state index is 0.0334. The Labute approximate surface area is 95.1 Å². The largest absolute Gasteiger partial charge is 0.393 e. The molecule has 0 bridgehead atoms. The minimum Gasteiger partial charge on any atom is -0.393 e. The van der Waals surface area contributed by atoms with Gasteiger partial charge in [-0.25, -0.2) is 0 Å². The smallest absolute Gasteiger partial charge is 0.272 e. The molecule has 1 aromatic rings. The Balaban J connectivity index is 2.84. The Bertz CT molecular complexity index is 365. The van der Waals surface area contributed by atoms with Gasteiger partial charge in [0, 0.05) is 11.6 Å². The summed E-state index contributed by atoms with van der Waals surface area (Å²) in [5.41, 5.74) is 0.824. The van der Waals surface area contributed by atoms with Crippen LogP contribution in [0.15, 0.2) is 24.3 Å². The predicted molar refractivity (Wildman–Crippen MR) is 62.3 cm³/mol. The van der Waals surface area contributed by atoms with Gasteiger partial charge < -0.3 is 5.11 Å². The molecule has 0 saturated heterocycles. The molecule has 88 valence electrons. The SMILES string of the molecule is CCC(O)C(C)Cc1ccccc1[N+](=O)[O-]. The van der Waals surface area contributed by atoms with Gasteiger partial charge in [-0.05, 0) is 18.8 Å². The fourth-order valence-electron chi connectivity index (χ4n) is 1.75. The lowest BCUT2D eigenvalue weighted by atomic mass is 9.94. The Morgan fingerprint density at radius 3 is 2.62 bits per heavy atom. The van der Waals surface area contributed by atoms with E-state index in [1.807, 2.05) is 13.8 Å². The Morgan fingerprint density at radius 1 is 1.44 bits per heavy atom. The highest BCUT2D eigenvalue weighted by Crippen LogP contribution is 2.22. The number of rotatable bonds is 5. The third kappa shape index (κ3) is 3.03. The summed E-state index contributed by atoms with van der Waals surface area (Å²) in [6.45, 7) is 3.81. The number of nitrogens with zero attached hydrogens (tertiary/aromatic N) is 1. The van der Waals surface area contributed by atoms with E-state index >= 15 is 0 Å². The molecule has 0 aliphatic heterocycles. The number of nitro benzene ring substituents is 1. The van der Waals surface area contributed by atoms with Gasteiger partial charge in [0.2, 0.25) is 0 Å². The number of benzene rings is 1. The van der Waals surface area contributed by atoms with E-state index in [2.05, 4.69) is 0 Å². The molecule has 0 aliphatic carbocycles. The molecule has 0 aliphatic rings. The molecule has 0 fully saturated rings. The highest BCUT2D eigenvalue weighted by molar-refractivity contribution is 5.40. The molecule has 2 atom stereocenters. The normalized spacial score (nSPS) is 14.4. The van der Waals surface area contributed by atoms with Gasteiger partial charge in [-0.3, -0.25) is 10.1 Å². The number of para-hydroxylation sites is 1. The quantitative estimate of drug-likeness (QED) is 0.616. The fraction of sp³-hybridized carbons (Fsp3) is 0.500. The first-order valence-electron chi connectivity index (χ1n) is 5.46.